The highest BCUT2D eigenvalue weighted by atomic mass is 32.2. The van der Waals surface area contributed by atoms with Crippen LogP contribution in [0.15, 0.2) is 47.5 Å². The van der Waals surface area contributed by atoms with Crippen LogP contribution in [0.2, 0.25) is 0 Å². The van der Waals surface area contributed by atoms with Crippen molar-refractivity contribution in [3.8, 4) is 0 Å². The number of nitrogens with zero attached hydrogens (tertiary/aromatic N) is 3. The van der Waals surface area contributed by atoms with Gasteiger partial charge in [0.15, 0.2) is 9.84 Å². The third kappa shape index (κ3) is 4.13. The van der Waals surface area contributed by atoms with Crippen molar-refractivity contribution in [2.75, 3.05) is 19.3 Å². The number of carbonyl (C=O) groups excluding carboxylic acids is 2. The number of sulfone groups is 1. The number of hydrogen-bond acceptors (Lipinski definition) is 5. The molecule has 0 unspecified atom stereocenters. The predicted octanol–water partition coefficient (Wildman–Crippen LogP) is 1.46. The Balaban J connectivity index is 1.74. The first-order valence-corrected chi connectivity index (χ1v) is 10.2. The van der Waals surface area contributed by atoms with Gasteiger partial charge in [-0.2, -0.15) is 4.39 Å². The lowest BCUT2D eigenvalue weighted by atomic mass is 10.1. The van der Waals surface area contributed by atoms with Crippen LogP contribution in [0.4, 0.5) is 4.39 Å². The van der Waals surface area contributed by atoms with E-state index in [-0.39, 0.29) is 22.8 Å². The van der Waals surface area contributed by atoms with Crippen LogP contribution in [-0.4, -0.2) is 54.6 Å². The third-order valence-electron chi connectivity index (χ3n) is 4.25. The highest BCUT2D eigenvalue weighted by Crippen LogP contribution is 2.18. The topological polar surface area (TPSA) is 87.7 Å². The van der Waals surface area contributed by atoms with E-state index in [2.05, 4.69) is 4.98 Å². The second-order valence-electron chi connectivity index (χ2n) is 6.23. The van der Waals surface area contributed by atoms with Crippen molar-refractivity contribution in [2.45, 2.75) is 17.7 Å². The highest BCUT2D eigenvalue weighted by molar-refractivity contribution is 7.90. The quantitative estimate of drug-likeness (QED) is 0.737. The molecule has 1 saturated heterocycles. The molecular formula is C18H18FN3O4S. The fourth-order valence-electron chi connectivity index (χ4n) is 2.89. The number of pyridine rings is 1. The summed E-state index contributed by atoms with van der Waals surface area (Å²) in [6.07, 6.45) is 2.95. The molecule has 27 heavy (non-hydrogen) atoms. The van der Waals surface area contributed by atoms with Crippen LogP contribution < -0.4 is 0 Å². The van der Waals surface area contributed by atoms with Gasteiger partial charge >= 0.3 is 0 Å². The zero-order chi connectivity index (χ0) is 19.6. The third-order valence-corrected chi connectivity index (χ3v) is 5.38. The minimum atomic E-state index is -3.31. The van der Waals surface area contributed by atoms with Gasteiger partial charge in [0.25, 0.3) is 5.91 Å². The predicted molar refractivity (Wildman–Crippen MR) is 94.8 cm³/mol. The second-order valence-corrected chi connectivity index (χ2v) is 8.25. The molecule has 9 heteroatoms. The Kier molecular flexibility index (Phi) is 5.22. The monoisotopic (exact) mass is 391 g/mol. The second kappa shape index (κ2) is 7.43. The van der Waals surface area contributed by atoms with Crippen LogP contribution in [0.1, 0.15) is 22.3 Å². The van der Waals surface area contributed by atoms with Crippen LogP contribution in [-0.2, 0) is 21.1 Å². The number of hydrogen-bond donors (Lipinski definition) is 0. The molecule has 2 amide bonds. The summed E-state index contributed by atoms with van der Waals surface area (Å²) in [5, 5.41) is 2.53. The van der Waals surface area contributed by atoms with Crippen molar-refractivity contribution in [3.05, 3.63) is 59.7 Å². The minimum Gasteiger partial charge on any atom is -0.273 e. The fraction of sp³-hybridized carbons (Fsp3) is 0.278. The molecule has 2 aromatic rings. The molecule has 1 aliphatic heterocycles. The van der Waals surface area contributed by atoms with E-state index in [9.17, 15) is 22.4 Å². The molecule has 0 N–H and O–H groups in total. The molecule has 7 nitrogen and oxygen atoms in total. The average molecular weight is 391 g/mol. The lowest BCUT2D eigenvalue weighted by molar-refractivity contribution is -0.139. The number of amides is 2. The van der Waals surface area contributed by atoms with Gasteiger partial charge in [0, 0.05) is 25.5 Å². The number of halogens is 1. The molecule has 142 valence electrons. The van der Waals surface area contributed by atoms with E-state index >= 15 is 0 Å². The zero-order valence-electron chi connectivity index (χ0n) is 14.6. The first-order chi connectivity index (χ1) is 12.8. The van der Waals surface area contributed by atoms with Crippen LogP contribution >= 0.6 is 0 Å². The maximum Gasteiger partial charge on any atom is 0.277 e. The van der Waals surface area contributed by atoms with Crippen LogP contribution in [0.3, 0.4) is 0 Å². The van der Waals surface area contributed by atoms with Gasteiger partial charge in [-0.25, -0.2) is 18.4 Å². The van der Waals surface area contributed by atoms with Crippen molar-refractivity contribution in [1.82, 2.24) is 15.0 Å². The van der Waals surface area contributed by atoms with Crippen LogP contribution in [0.25, 0.3) is 0 Å². The summed E-state index contributed by atoms with van der Waals surface area (Å²) in [7, 11) is -3.31. The Morgan fingerprint density at radius 3 is 2.41 bits per heavy atom. The Morgan fingerprint density at radius 1 is 1.11 bits per heavy atom. The lowest BCUT2D eigenvalue weighted by Gasteiger charge is -2.28. The van der Waals surface area contributed by atoms with E-state index in [1.54, 1.807) is 12.1 Å². The van der Waals surface area contributed by atoms with Gasteiger partial charge in [-0.3, -0.25) is 14.6 Å². The standard InChI is InChI=1S/C18H18FN3O4S/c1-27(25,26)14-7-5-13(6-8-14)12-16(23)21-10-3-11-22(21)18(24)15-4-2-9-20-17(15)19/h2,4-9H,3,10-12H2,1H3. The van der Waals surface area contributed by atoms with Crippen molar-refractivity contribution in [1.29, 1.82) is 0 Å². The number of rotatable bonds is 4. The van der Waals surface area contributed by atoms with Gasteiger partial charge in [0.1, 0.15) is 0 Å². The first-order valence-electron chi connectivity index (χ1n) is 8.29. The molecule has 1 aliphatic rings. The molecule has 1 aromatic heterocycles. The van der Waals surface area contributed by atoms with Gasteiger partial charge in [0.2, 0.25) is 11.9 Å². The fourth-order valence-corrected chi connectivity index (χ4v) is 3.52. The Labute approximate surface area is 156 Å². The Hall–Kier alpha value is -2.81. The number of hydrazine groups is 1. The van der Waals surface area contributed by atoms with Crippen LogP contribution in [0.5, 0.6) is 0 Å². The average Bonchev–Trinajstić information content (AvgIpc) is 3.11. The highest BCUT2D eigenvalue weighted by Gasteiger charge is 2.32. The van der Waals surface area contributed by atoms with E-state index < -0.39 is 21.7 Å². The van der Waals surface area contributed by atoms with Gasteiger partial charge in [0.05, 0.1) is 16.9 Å². The smallest absolute Gasteiger partial charge is 0.273 e. The van der Waals surface area contributed by atoms with E-state index in [1.807, 2.05) is 0 Å². The molecule has 0 radical (unpaired) electrons. The molecule has 0 bridgehead atoms. The Morgan fingerprint density at radius 2 is 1.78 bits per heavy atom. The molecule has 1 aromatic carbocycles. The summed E-state index contributed by atoms with van der Waals surface area (Å²) in [5.41, 5.74) is 0.439. The van der Waals surface area contributed by atoms with E-state index in [0.717, 1.165) is 6.26 Å². The van der Waals surface area contributed by atoms with E-state index in [1.165, 1.54) is 40.5 Å². The van der Waals surface area contributed by atoms with E-state index in [0.29, 0.717) is 25.1 Å². The number of carbonyl (C=O) groups is 2. The van der Waals surface area contributed by atoms with Gasteiger partial charge < -0.3 is 0 Å². The maximum atomic E-state index is 13.8. The summed E-state index contributed by atoms with van der Waals surface area (Å²) in [6.45, 7) is 0.666. The summed E-state index contributed by atoms with van der Waals surface area (Å²) in [6, 6.07) is 8.80. The molecule has 0 saturated carbocycles. The molecule has 0 aliphatic carbocycles. The van der Waals surface area contributed by atoms with Crippen molar-refractivity contribution in [3.63, 3.8) is 0 Å². The molecule has 0 atom stereocenters. The summed E-state index contributed by atoms with van der Waals surface area (Å²) in [5.74, 6) is -1.81. The largest absolute Gasteiger partial charge is 0.277 e. The van der Waals surface area contributed by atoms with Gasteiger partial charge in [-0.15, -0.1) is 0 Å². The molecule has 1 fully saturated rings. The van der Waals surface area contributed by atoms with Crippen LogP contribution in [0, 0.1) is 5.95 Å². The van der Waals surface area contributed by atoms with Crippen molar-refractivity contribution >= 4 is 21.7 Å². The molecule has 2 heterocycles. The zero-order valence-corrected chi connectivity index (χ0v) is 15.4. The molecular weight excluding hydrogens is 373 g/mol. The van der Waals surface area contributed by atoms with Gasteiger partial charge in [-0.05, 0) is 36.2 Å². The Bertz CT molecular complexity index is 976. The van der Waals surface area contributed by atoms with E-state index in [4.69, 9.17) is 0 Å². The normalized spacial score (nSPS) is 14.4. The summed E-state index contributed by atoms with van der Waals surface area (Å²) in [4.78, 5) is 28.8. The number of benzene rings is 1. The molecule has 3 rings (SSSR count). The summed E-state index contributed by atoms with van der Waals surface area (Å²) < 4.78 is 36.8. The lowest BCUT2D eigenvalue weighted by Crippen LogP contribution is -2.45. The molecule has 0 spiro atoms. The number of aromatic nitrogens is 1. The minimum absolute atomic E-state index is 0.00332. The first kappa shape index (κ1) is 19.0. The van der Waals surface area contributed by atoms with Crippen molar-refractivity contribution in [2.24, 2.45) is 0 Å². The van der Waals surface area contributed by atoms with Crippen molar-refractivity contribution < 1.29 is 22.4 Å². The van der Waals surface area contributed by atoms with Gasteiger partial charge in [-0.1, -0.05) is 12.1 Å². The summed E-state index contributed by atoms with van der Waals surface area (Å²) >= 11 is 0. The SMILES string of the molecule is CS(=O)(=O)c1ccc(CC(=O)N2CCCN2C(=O)c2cccnc2F)cc1. The maximum absolute atomic E-state index is 13.8.